The van der Waals surface area contributed by atoms with Gasteiger partial charge in [0.1, 0.15) is 6.26 Å². The number of thioether (sulfide) groups is 1. The number of carbonyl (C=O) groups is 2. The zero-order valence-electron chi connectivity index (χ0n) is 9.88. The van der Waals surface area contributed by atoms with Gasteiger partial charge in [-0.05, 0) is 25.0 Å². The summed E-state index contributed by atoms with van der Waals surface area (Å²) in [6.45, 7) is 0. The van der Waals surface area contributed by atoms with Crippen molar-refractivity contribution < 1.29 is 19.4 Å². The van der Waals surface area contributed by atoms with Crippen molar-refractivity contribution in [2.45, 2.75) is 12.8 Å². The van der Waals surface area contributed by atoms with E-state index in [2.05, 4.69) is 0 Å². The summed E-state index contributed by atoms with van der Waals surface area (Å²) < 4.78 is 5.47. The monoisotopic (exact) mass is 274 g/mol. The number of aliphatic carboxylic acids is 1. The quantitative estimate of drug-likeness (QED) is 0.796. The first kappa shape index (κ1) is 12.0. The SMILES string of the molecule is O=C(O)C1=CCCC2=C1OC=C1C(=O)C=CC=C1S2. The molecule has 0 aromatic heterocycles. The van der Waals surface area contributed by atoms with Crippen LogP contribution in [-0.2, 0) is 14.3 Å². The zero-order valence-corrected chi connectivity index (χ0v) is 10.7. The van der Waals surface area contributed by atoms with Gasteiger partial charge in [-0.1, -0.05) is 23.9 Å². The molecule has 0 bridgehead atoms. The number of allylic oxidation sites excluding steroid dienone is 6. The van der Waals surface area contributed by atoms with Gasteiger partial charge in [0, 0.05) is 9.81 Å². The van der Waals surface area contributed by atoms with Crippen LogP contribution in [0.5, 0.6) is 0 Å². The molecule has 1 aliphatic heterocycles. The number of hydrogen-bond donors (Lipinski definition) is 1. The third kappa shape index (κ3) is 2.06. The fraction of sp³-hybridized carbons (Fsp3) is 0.143. The molecule has 0 saturated heterocycles. The molecule has 0 aromatic rings. The van der Waals surface area contributed by atoms with E-state index in [0.29, 0.717) is 17.8 Å². The summed E-state index contributed by atoms with van der Waals surface area (Å²) in [6, 6.07) is 0. The van der Waals surface area contributed by atoms with E-state index >= 15 is 0 Å². The Labute approximate surface area is 113 Å². The molecular weight excluding hydrogens is 264 g/mol. The van der Waals surface area contributed by atoms with Gasteiger partial charge in [-0.15, -0.1) is 0 Å². The molecule has 0 atom stereocenters. The predicted molar refractivity (Wildman–Crippen MR) is 71.0 cm³/mol. The van der Waals surface area contributed by atoms with E-state index in [1.54, 1.807) is 12.2 Å². The van der Waals surface area contributed by atoms with E-state index in [1.165, 1.54) is 24.1 Å². The third-order valence-electron chi connectivity index (χ3n) is 3.00. The smallest absolute Gasteiger partial charge is 0.339 e. The van der Waals surface area contributed by atoms with Crippen LogP contribution in [0.25, 0.3) is 0 Å². The van der Waals surface area contributed by atoms with Crippen molar-refractivity contribution in [3.8, 4) is 0 Å². The molecule has 0 radical (unpaired) electrons. The van der Waals surface area contributed by atoms with Crippen molar-refractivity contribution in [2.24, 2.45) is 0 Å². The van der Waals surface area contributed by atoms with Crippen molar-refractivity contribution >= 4 is 23.5 Å². The maximum atomic E-state index is 11.8. The highest BCUT2D eigenvalue weighted by Crippen LogP contribution is 2.43. The van der Waals surface area contributed by atoms with Crippen LogP contribution in [0.2, 0.25) is 0 Å². The molecule has 3 aliphatic rings. The van der Waals surface area contributed by atoms with E-state index in [1.807, 2.05) is 6.08 Å². The molecule has 1 heterocycles. The second kappa shape index (κ2) is 4.59. The fourth-order valence-electron chi connectivity index (χ4n) is 2.09. The highest BCUT2D eigenvalue weighted by atomic mass is 32.2. The topological polar surface area (TPSA) is 63.6 Å². The molecule has 0 fully saturated rings. The molecule has 0 spiro atoms. The van der Waals surface area contributed by atoms with Gasteiger partial charge in [0.15, 0.2) is 11.5 Å². The van der Waals surface area contributed by atoms with Crippen molar-refractivity contribution in [2.75, 3.05) is 0 Å². The van der Waals surface area contributed by atoms with Gasteiger partial charge in [-0.25, -0.2) is 4.79 Å². The lowest BCUT2D eigenvalue weighted by Gasteiger charge is -2.16. The number of carboxylic acid groups (broad SMARTS) is 1. The molecule has 2 aliphatic carbocycles. The average Bonchev–Trinajstić information content (AvgIpc) is 2.57. The van der Waals surface area contributed by atoms with Crippen molar-refractivity contribution in [1.29, 1.82) is 0 Å². The number of carbonyl (C=O) groups excluding carboxylic acids is 1. The Balaban J connectivity index is 2.04. The first-order valence-electron chi connectivity index (χ1n) is 5.81. The van der Waals surface area contributed by atoms with Gasteiger partial charge in [0.25, 0.3) is 0 Å². The van der Waals surface area contributed by atoms with Gasteiger partial charge in [0.2, 0.25) is 0 Å². The van der Waals surface area contributed by atoms with Crippen LogP contribution >= 0.6 is 11.8 Å². The van der Waals surface area contributed by atoms with Crippen molar-refractivity contribution in [1.82, 2.24) is 0 Å². The van der Waals surface area contributed by atoms with E-state index in [0.717, 1.165) is 16.2 Å². The normalized spacial score (nSPS) is 21.5. The van der Waals surface area contributed by atoms with Crippen LogP contribution in [-0.4, -0.2) is 16.9 Å². The van der Waals surface area contributed by atoms with Gasteiger partial charge in [-0.3, -0.25) is 4.79 Å². The Morgan fingerprint density at radius 3 is 3.05 bits per heavy atom. The number of carboxylic acids is 1. The average molecular weight is 274 g/mol. The zero-order chi connectivity index (χ0) is 13.4. The molecule has 3 rings (SSSR count). The molecule has 4 nitrogen and oxygen atoms in total. The van der Waals surface area contributed by atoms with Crippen LogP contribution in [0.4, 0.5) is 0 Å². The third-order valence-corrected chi connectivity index (χ3v) is 4.21. The summed E-state index contributed by atoms with van der Waals surface area (Å²) >= 11 is 1.42. The second-order valence-electron chi connectivity index (χ2n) is 4.22. The Hall–Kier alpha value is -2.01. The number of ether oxygens (including phenoxy) is 1. The Morgan fingerprint density at radius 1 is 1.42 bits per heavy atom. The highest BCUT2D eigenvalue weighted by Gasteiger charge is 2.28. The molecule has 0 saturated carbocycles. The van der Waals surface area contributed by atoms with Gasteiger partial charge < -0.3 is 9.84 Å². The number of fused-ring (bicyclic) bond motifs is 1. The Bertz CT molecular complexity index is 632. The summed E-state index contributed by atoms with van der Waals surface area (Å²) in [4.78, 5) is 24.6. The maximum Gasteiger partial charge on any atom is 0.339 e. The Kier molecular flexibility index (Phi) is 2.91. The maximum absolute atomic E-state index is 11.8. The van der Waals surface area contributed by atoms with Crippen LogP contribution in [0, 0.1) is 0 Å². The largest absolute Gasteiger partial charge is 0.478 e. The van der Waals surface area contributed by atoms with E-state index < -0.39 is 5.97 Å². The molecule has 5 heteroatoms. The van der Waals surface area contributed by atoms with Crippen LogP contribution < -0.4 is 0 Å². The lowest BCUT2D eigenvalue weighted by Crippen LogP contribution is -2.09. The number of ketones is 1. The standard InChI is InChI=1S/C14H10O4S/c15-10-4-2-5-11-9(10)7-18-13-8(14(16)17)3-1-6-12(13)19-11/h2-5,7H,1,6H2,(H,16,17). The summed E-state index contributed by atoms with van der Waals surface area (Å²) in [5.41, 5.74) is 0.650. The molecular formula is C14H10O4S. The summed E-state index contributed by atoms with van der Waals surface area (Å²) in [5, 5.41) is 9.17. The van der Waals surface area contributed by atoms with Crippen LogP contribution in [0.3, 0.4) is 0 Å². The summed E-state index contributed by atoms with van der Waals surface area (Å²) in [5.74, 6) is -0.764. The molecule has 96 valence electrons. The van der Waals surface area contributed by atoms with Crippen molar-refractivity contribution in [3.05, 3.63) is 57.3 Å². The first-order chi connectivity index (χ1) is 9.16. The Morgan fingerprint density at radius 2 is 2.26 bits per heavy atom. The summed E-state index contributed by atoms with van der Waals surface area (Å²) in [7, 11) is 0. The van der Waals surface area contributed by atoms with Gasteiger partial charge in [-0.2, -0.15) is 0 Å². The van der Waals surface area contributed by atoms with E-state index in [-0.39, 0.29) is 11.4 Å². The molecule has 0 aromatic carbocycles. The molecule has 0 amide bonds. The van der Waals surface area contributed by atoms with Crippen LogP contribution in [0.15, 0.2) is 57.3 Å². The lowest BCUT2D eigenvalue weighted by atomic mass is 10.1. The molecule has 1 N–H and O–H groups in total. The van der Waals surface area contributed by atoms with Crippen molar-refractivity contribution in [3.63, 3.8) is 0 Å². The number of hydrogen-bond acceptors (Lipinski definition) is 4. The number of rotatable bonds is 1. The molecule has 19 heavy (non-hydrogen) atoms. The second-order valence-corrected chi connectivity index (χ2v) is 5.36. The minimum absolute atomic E-state index is 0.120. The lowest BCUT2D eigenvalue weighted by molar-refractivity contribution is -0.132. The molecule has 0 unspecified atom stereocenters. The first-order valence-corrected chi connectivity index (χ1v) is 6.63. The van der Waals surface area contributed by atoms with Gasteiger partial charge >= 0.3 is 5.97 Å². The van der Waals surface area contributed by atoms with Gasteiger partial charge in [0.05, 0.1) is 11.1 Å². The summed E-state index contributed by atoms with van der Waals surface area (Å²) in [6.07, 6.45) is 9.42. The highest BCUT2D eigenvalue weighted by molar-refractivity contribution is 8.07. The minimum atomic E-state index is -1.01. The van der Waals surface area contributed by atoms with Crippen LogP contribution in [0.1, 0.15) is 12.8 Å². The van der Waals surface area contributed by atoms with E-state index in [4.69, 9.17) is 4.74 Å². The minimum Gasteiger partial charge on any atom is -0.478 e. The predicted octanol–water partition coefficient (Wildman–Crippen LogP) is 2.67. The fourth-order valence-corrected chi connectivity index (χ4v) is 3.24. The van der Waals surface area contributed by atoms with E-state index in [9.17, 15) is 14.7 Å².